The molecule has 1 N–H and O–H groups in total. The predicted molar refractivity (Wildman–Crippen MR) is 106 cm³/mol. The van der Waals surface area contributed by atoms with Gasteiger partial charge in [-0.25, -0.2) is 0 Å². The number of fused-ring (bicyclic) bond motifs is 2. The molecule has 2 saturated heterocycles. The van der Waals surface area contributed by atoms with E-state index in [0.29, 0.717) is 26.2 Å². The molecule has 144 valence electrons. The van der Waals surface area contributed by atoms with E-state index in [2.05, 4.69) is 5.32 Å². The smallest absolute Gasteiger partial charge is 0.237 e. The van der Waals surface area contributed by atoms with Crippen LogP contribution in [0.5, 0.6) is 0 Å². The molecule has 1 spiro atoms. The van der Waals surface area contributed by atoms with Crippen molar-refractivity contribution in [3.63, 3.8) is 0 Å². The number of likely N-dealkylation sites (tertiary alicyclic amines) is 1. The molecule has 0 unspecified atom stereocenters. The summed E-state index contributed by atoms with van der Waals surface area (Å²) in [6.45, 7) is 1.86. The maximum Gasteiger partial charge on any atom is 0.237 e. The molecule has 2 atom stereocenters. The van der Waals surface area contributed by atoms with Crippen LogP contribution in [0.2, 0.25) is 0 Å². The van der Waals surface area contributed by atoms with E-state index in [9.17, 15) is 9.59 Å². The fourth-order valence-electron chi connectivity index (χ4n) is 5.20. The molecule has 5 rings (SSSR count). The van der Waals surface area contributed by atoms with Crippen LogP contribution in [0, 0.1) is 5.92 Å². The first kappa shape index (κ1) is 17.4. The Bertz CT molecular complexity index is 907. The van der Waals surface area contributed by atoms with Gasteiger partial charge in [-0.05, 0) is 36.5 Å². The first-order valence-corrected chi connectivity index (χ1v) is 10.1. The van der Waals surface area contributed by atoms with Crippen molar-refractivity contribution in [2.75, 3.05) is 25.1 Å². The van der Waals surface area contributed by atoms with Gasteiger partial charge >= 0.3 is 0 Å². The molecule has 2 fully saturated rings. The average molecular weight is 376 g/mol. The second-order valence-electron chi connectivity index (χ2n) is 7.95. The van der Waals surface area contributed by atoms with Crippen LogP contribution in [0.25, 0.3) is 0 Å². The molecular weight excluding hydrogens is 352 g/mol. The lowest BCUT2D eigenvalue weighted by Gasteiger charge is -2.36. The fraction of sp³-hybridized carbons (Fsp3) is 0.391. The molecule has 3 heterocycles. The van der Waals surface area contributed by atoms with Gasteiger partial charge < -0.3 is 15.0 Å². The molecule has 0 saturated carbocycles. The molecule has 3 aliphatic rings. The number of nitrogens with zero attached hydrogens (tertiary/aromatic N) is 1. The average Bonchev–Trinajstić information content (AvgIpc) is 3.28. The van der Waals surface area contributed by atoms with E-state index in [1.165, 1.54) is 0 Å². The molecule has 2 aromatic rings. The third kappa shape index (κ3) is 2.49. The maximum absolute atomic E-state index is 13.5. The van der Waals surface area contributed by atoms with Gasteiger partial charge in [-0.2, -0.15) is 0 Å². The second kappa shape index (κ2) is 6.74. The van der Waals surface area contributed by atoms with Crippen molar-refractivity contribution in [1.82, 2.24) is 4.90 Å². The van der Waals surface area contributed by atoms with Gasteiger partial charge in [-0.3, -0.25) is 9.59 Å². The standard InChI is InChI=1S/C23H24N2O3/c26-21(17-10-14-28-15-11-17)25-13-12-23(20(25)16-6-2-1-3-7-16)18-8-4-5-9-19(18)24-22(23)27/h1-9,17,20H,10-15H2,(H,24,27)/t20-,23+/m0/s1. The van der Waals surface area contributed by atoms with Gasteiger partial charge in [-0.1, -0.05) is 48.5 Å². The number of para-hydroxylation sites is 1. The summed E-state index contributed by atoms with van der Waals surface area (Å²) in [6.07, 6.45) is 2.16. The predicted octanol–water partition coefficient (Wildman–Crippen LogP) is 3.28. The number of benzene rings is 2. The lowest BCUT2D eigenvalue weighted by molar-refractivity contribution is -0.140. The van der Waals surface area contributed by atoms with E-state index < -0.39 is 5.41 Å². The minimum atomic E-state index is -0.723. The number of nitrogens with one attached hydrogen (secondary N) is 1. The number of hydrogen-bond acceptors (Lipinski definition) is 3. The summed E-state index contributed by atoms with van der Waals surface area (Å²) in [6, 6.07) is 17.6. The highest BCUT2D eigenvalue weighted by molar-refractivity contribution is 6.07. The Morgan fingerprint density at radius 2 is 1.75 bits per heavy atom. The Kier molecular flexibility index (Phi) is 4.20. The van der Waals surface area contributed by atoms with Crippen molar-refractivity contribution in [3.05, 3.63) is 65.7 Å². The number of hydrogen-bond donors (Lipinski definition) is 1. The molecule has 0 aliphatic carbocycles. The summed E-state index contributed by atoms with van der Waals surface area (Å²) >= 11 is 0. The summed E-state index contributed by atoms with van der Waals surface area (Å²) in [4.78, 5) is 28.8. The number of ether oxygens (including phenoxy) is 1. The molecule has 2 aromatic carbocycles. The van der Waals surface area contributed by atoms with Crippen molar-refractivity contribution >= 4 is 17.5 Å². The van der Waals surface area contributed by atoms with E-state index in [1.54, 1.807) is 0 Å². The van der Waals surface area contributed by atoms with Crippen molar-refractivity contribution in [2.24, 2.45) is 5.92 Å². The largest absolute Gasteiger partial charge is 0.381 e. The molecule has 0 radical (unpaired) electrons. The van der Waals surface area contributed by atoms with Crippen molar-refractivity contribution < 1.29 is 14.3 Å². The first-order chi connectivity index (χ1) is 13.7. The zero-order chi connectivity index (χ0) is 19.1. The van der Waals surface area contributed by atoms with Gasteiger partial charge in [0.15, 0.2) is 0 Å². The number of carbonyl (C=O) groups is 2. The third-order valence-corrected chi connectivity index (χ3v) is 6.56. The van der Waals surface area contributed by atoms with Gasteiger partial charge in [0.05, 0.1) is 6.04 Å². The zero-order valence-electron chi connectivity index (χ0n) is 15.8. The Balaban J connectivity index is 1.61. The van der Waals surface area contributed by atoms with Crippen LogP contribution in [-0.2, 0) is 19.7 Å². The number of rotatable bonds is 2. The van der Waals surface area contributed by atoms with Gasteiger partial charge in [0, 0.05) is 31.4 Å². The highest BCUT2D eigenvalue weighted by Crippen LogP contribution is 2.55. The van der Waals surface area contributed by atoms with E-state index in [4.69, 9.17) is 4.74 Å². The summed E-state index contributed by atoms with van der Waals surface area (Å²) < 4.78 is 5.45. The lowest BCUT2D eigenvalue weighted by atomic mass is 9.72. The van der Waals surface area contributed by atoms with Crippen LogP contribution in [-0.4, -0.2) is 36.5 Å². The molecule has 5 nitrogen and oxygen atoms in total. The van der Waals surface area contributed by atoms with Gasteiger partial charge in [0.2, 0.25) is 11.8 Å². The Morgan fingerprint density at radius 3 is 2.54 bits per heavy atom. The SMILES string of the molecule is O=C(C1CCOCC1)N1CC[C@]2(C(=O)Nc3ccccc32)[C@@H]1c1ccccc1. The third-order valence-electron chi connectivity index (χ3n) is 6.56. The van der Waals surface area contributed by atoms with Crippen LogP contribution < -0.4 is 5.32 Å². The normalized spacial score (nSPS) is 27.1. The topological polar surface area (TPSA) is 58.6 Å². The van der Waals surface area contributed by atoms with E-state index in [-0.39, 0.29) is 23.8 Å². The molecule has 0 bridgehead atoms. The van der Waals surface area contributed by atoms with Crippen molar-refractivity contribution in [1.29, 1.82) is 0 Å². The van der Waals surface area contributed by atoms with Gasteiger partial charge in [0.1, 0.15) is 5.41 Å². The minimum absolute atomic E-state index is 0.00447. The van der Waals surface area contributed by atoms with Crippen LogP contribution in [0.1, 0.15) is 36.4 Å². The van der Waals surface area contributed by atoms with Crippen LogP contribution >= 0.6 is 0 Å². The molecule has 5 heteroatoms. The maximum atomic E-state index is 13.5. The zero-order valence-corrected chi connectivity index (χ0v) is 15.8. The van der Waals surface area contributed by atoms with Crippen molar-refractivity contribution in [3.8, 4) is 0 Å². The lowest BCUT2D eigenvalue weighted by Crippen LogP contribution is -2.44. The Morgan fingerprint density at radius 1 is 1.04 bits per heavy atom. The van der Waals surface area contributed by atoms with E-state index in [0.717, 1.165) is 29.7 Å². The summed E-state index contributed by atoms with van der Waals surface area (Å²) in [5, 5.41) is 3.07. The van der Waals surface area contributed by atoms with Gasteiger partial charge in [0.25, 0.3) is 0 Å². The highest BCUT2D eigenvalue weighted by atomic mass is 16.5. The Hall–Kier alpha value is -2.66. The highest BCUT2D eigenvalue weighted by Gasteiger charge is 2.59. The second-order valence-corrected chi connectivity index (χ2v) is 7.95. The number of amides is 2. The summed E-state index contributed by atoms with van der Waals surface area (Å²) in [7, 11) is 0. The van der Waals surface area contributed by atoms with Crippen LogP contribution in [0.4, 0.5) is 5.69 Å². The number of carbonyl (C=O) groups excluding carboxylic acids is 2. The quantitative estimate of drug-likeness (QED) is 0.875. The molecule has 2 amide bonds. The Labute approximate surface area is 164 Å². The molecule has 28 heavy (non-hydrogen) atoms. The van der Waals surface area contributed by atoms with E-state index >= 15 is 0 Å². The van der Waals surface area contributed by atoms with E-state index in [1.807, 2.05) is 59.5 Å². The van der Waals surface area contributed by atoms with Crippen LogP contribution in [0.15, 0.2) is 54.6 Å². The molecule has 0 aromatic heterocycles. The van der Waals surface area contributed by atoms with Crippen LogP contribution in [0.3, 0.4) is 0 Å². The summed E-state index contributed by atoms with van der Waals surface area (Å²) in [5.41, 5.74) is 2.18. The first-order valence-electron chi connectivity index (χ1n) is 10.1. The van der Waals surface area contributed by atoms with Gasteiger partial charge in [-0.15, -0.1) is 0 Å². The number of anilines is 1. The summed E-state index contributed by atoms with van der Waals surface area (Å²) in [5.74, 6) is 0.144. The fourth-order valence-corrected chi connectivity index (χ4v) is 5.20. The molecular formula is C23H24N2O3. The monoisotopic (exact) mass is 376 g/mol. The van der Waals surface area contributed by atoms with Crippen molar-refractivity contribution in [2.45, 2.75) is 30.7 Å². The minimum Gasteiger partial charge on any atom is -0.381 e. The molecule has 3 aliphatic heterocycles.